The van der Waals surface area contributed by atoms with Crippen LogP contribution < -0.4 is 16.9 Å². The van der Waals surface area contributed by atoms with Gasteiger partial charge in [-0.2, -0.15) is 9.29 Å². The van der Waals surface area contributed by atoms with Gasteiger partial charge in [-0.05, 0) is 6.07 Å². The number of ether oxygens (including phenoxy) is 1. The van der Waals surface area contributed by atoms with E-state index in [4.69, 9.17) is 25.2 Å². The Bertz CT molecular complexity index is 910. The van der Waals surface area contributed by atoms with Crippen molar-refractivity contribution in [2.45, 2.75) is 24.9 Å². The Morgan fingerprint density at radius 2 is 1.93 bits per heavy atom. The van der Waals surface area contributed by atoms with E-state index in [-0.39, 0.29) is 12.2 Å². The minimum absolute atomic E-state index is 0.0734. The van der Waals surface area contributed by atoms with Crippen molar-refractivity contribution in [1.29, 1.82) is 0 Å². The molecule has 0 saturated carbocycles. The van der Waals surface area contributed by atoms with Gasteiger partial charge < -0.3 is 30.0 Å². The van der Waals surface area contributed by atoms with Crippen LogP contribution >= 0.6 is 23.4 Å². The molecule has 19 heteroatoms. The minimum Gasteiger partial charge on any atom is -0.383 e. The summed E-state index contributed by atoms with van der Waals surface area (Å²) in [7, 11) is -15.0. The second kappa shape index (κ2) is 8.40. The number of hydrogen-bond donors (Lipinski definition) is 6. The smallest absolute Gasteiger partial charge is 0.383 e. The third-order valence-corrected chi connectivity index (χ3v) is 6.02. The van der Waals surface area contributed by atoms with Crippen molar-refractivity contribution in [3.8, 4) is 0 Å². The van der Waals surface area contributed by atoms with E-state index >= 15 is 0 Å². The van der Waals surface area contributed by atoms with E-state index in [1.165, 1.54) is 12.3 Å². The number of hydrogen-bond acceptors (Lipinski definition) is 10. The number of nitrogen functional groups attached to an aromatic ring is 1. The van der Waals surface area contributed by atoms with Gasteiger partial charge in [0.1, 0.15) is 24.3 Å². The summed E-state index contributed by atoms with van der Waals surface area (Å²) in [4.78, 5) is 51.5. The molecule has 0 radical (unpaired) electrons. The van der Waals surface area contributed by atoms with Gasteiger partial charge in [0.15, 0.2) is 0 Å². The standard InChI is InChI=1S/C9H17N4O12P3/c10-7-1-2-13(9(14)12-7)8-3-5(24-27(17,18)19)6(23-8)4-22-28(20,21)25-26(11,15)16/h1-2,5-6,8H,3-4H2,(H,20,21)(H2,10,12,14)(H3,11,15,16)(H2,17,18,19)/t5-,6+,8+/m0/s1. The highest BCUT2D eigenvalue weighted by molar-refractivity contribution is 7.62. The molecule has 1 aliphatic rings. The van der Waals surface area contributed by atoms with E-state index in [2.05, 4.69) is 23.8 Å². The van der Waals surface area contributed by atoms with Crippen LogP contribution in [0.4, 0.5) is 5.82 Å². The fraction of sp³-hybridized carbons (Fsp3) is 0.556. The highest BCUT2D eigenvalue weighted by atomic mass is 31.3. The lowest BCUT2D eigenvalue weighted by Crippen LogP contribution is -2.29. The molecule has 0 aromatic carbocycles. The molecule has 0 bridgehead atoms. The Balaban J connectivity index is 2.17. The van der Waals surface area contributed by atoms with Crippen LogP contribution in [0.25, 0.3) is 0 Å². The van der Waals surface area contributed by atoms with Crippen molar-refractivity contribution in [2.24, 2.45) is 5.50 Å². The molecule has 1 fully saturated rings. The Hall–Kier alpha value is -0.990. The number of phosphoric acid groups is 2. The minimum atomic E-state index is -5.12. The Kier molecular flexibility index (Phi) is 6.99. The molecule has 2 unspecified atom stereocenters. The zero-order chi connectivity index (χ0) is 21.3. The molecule has 28 heavy (non-hydrogen) atoms. The normalized spacial score (nSPS) is 27.2. The monoisotopic (exact) mass is 466 g/mol. The average molecular weight is 466 g/mol. The lowest BCUT2D eigenvalue weighted by Gasteiger charge is -2.20. The topological polar surface area (TPSA) is 256 Å². The maximum atomic E-state index is 11.9. The van der Waals surface area contributed by atoms with Crippen LogP contribution in [0.2, 0.25) is 0 Å². The maximum Gasteiger partial charge on any atom is 0.480 e. The number of phosphoric ester groups is 2. The summed E-state index contributed by atoms with van der Waals surface area (Å²) in [6, 6.07) is 1.27. The second-order valence-electron chi connectivity index (χ2n) is 5.45. The van der Waals surface area contributed by atoms with Gasteiger partial charge in [-0.15, -0.1) is 0 Å². The highest BCUT2D eigenvalue weighted by Gasteiger charge is 2.43. The predicted octanol–water partition coefficient (Wildman–Crippen LogP) is -1.22. The molecule has 1 saturated heterocycles. The molecule has 1 aliphatic heterocycles. The zero-order valence-corrected chi connectivity index (χ0v) is 16.4. The van der Waals surface area contributed by atoms with Crippen LogP contribution in [0.1, 0.15) is 12.6 Å². The number of aromatic nitrogens is 2. The summed E-state index contributed by atoms with van der Waals surface area (Å²) in [5, 5.41) is 0. The van der Waals surface area contributed by atoms with Crippen LogP contribution in [0.5, 0.6) is 0 Å². The molecular weight excluding hydrogens is 449 g/mol. The van der Waals surface area contributed by atoms with E-state index in [0.717, 1.165) is 4.57 Å². The van der Waals surface area contributed by atoms with Gasteiger partial charge in [0.25, 0.3) is 0 Å². The molecule has 1 aromatic heterocycles. The Labute approximate surface area is 156 Å². The molecule has 0 amide bonds. The van der Waals surface area contributed by atoms with Gasteiger partial charge in [-0.25, -0.2) is 24.0 Å². The molecule has 1 aromatic rings. The molecule has 0 spiro atoms. The summed E-state index contributed by atoms with van der Waals surface area (Å²) in [6.07, 6.45) is -2.99. The summed E-state index contributed by atoms with van der Waals surface area (Å²) in [5.74, 6) is -0.0734. The summed E-state index contributed by atoms with van der Waals surface area (Å²) >= 11 is 0. The molecule has 5 atom stereocenters. The van der Waals surface area contributed by atoms with Gasteiger partial charge >= 0.3 is 29.1 Å². The largest absolute Gasteiger partial charge is 0.480 e. The Morgan fingerprint density at radius 3 is 2.46 bits per heavy atom. The summed E-state index contributed by atoms with van der Waals surface area (Å²) in [5.41, 5.74) is 9.14. The van der Waals surface area contributed by atoms with E-state index < -0.39 is 54.1 Å². The van der Waals surface area contributed by atoms with Gasteiger partial charge in [0, 0.05) is 12.6 Å². The van der Waals surface area contributed by atoms with Crippen LogP contribution in [0, 0.1) is 0 Å². The van der Waals surface area contributed by atoms with Crippen molar-refractivity contribution in [2.75, 3.05) is 12.3 Å². The second-order valence-corrected chi connectivity index (χ2v) is 9.62. The van der Waals surface area contributed by atoms with Crippen LogP contribution in [0.15, 0.2) is 17.1 Å². The maximum absolute atomic E-state index is 11.9. The first-order valence-corrected chi connectivity index (χ1v) is 11.9. The van der Waals surface area contributed by atoms with Crippen molar-refractivity contribution in [1.82, 2.24) is 9.55 Å². The first-order valence-electron chi connectivity index (χ1n) is 7.19. The number of rotatable bonds is 8. The lowest BCUT2D eigenvalue weighted by atomic mass is 10.2. The van der Waals surface area contributed by atoms with Crippen molar-refractivity contribution in [3.63, 3.8) is 0 Å². The highest BCUT2D eigenvalue weighted by Crippen LogP contribution is 2.56. The van der Waals surface area contributed by atoms with Crippen LogP contribution in [-0.2, 0) is 31.8 Å². The average Bonchev–Trinajstić information content (AvgIpc) is 2.83. The molecule has 2 heterocycles. The first-order chi connectivity index (χ1) is 12.7. The molecular formula is C9H17N4O12P3. The Morgan fingerprint density at radius 1 is 1.29 bits per heavy atom. The van der Waals surface area contributed by atoms with Crippen molar-refractivity contribution in [3.05, 3.63) is 22.7 Å². The quantitative estimate of drug-likeness (QED) is 0.245. The number of anilines is 1. The fourth-order valence-electron chi connectivity index (χ4n) is 2.29. The summed E-state index contributed by atoms with van der Waals surface area (Å²) < 4.78 is 52.8. The van der Waals surface area contributed by atoms with Crippen LogP contribution in [0.3, 0.4) is 0 Å². The number of nitrogens with two attached hydrogens (primary N) is 2. The molecule has 160 valence electrons. The van der Waals surface area contributed by atoms with Gasteiger partial charge in [0.05, 0.1) is 6.61 Å². The molecule has 8 N–H and O–H groups in total. The van der Waals surface area contributed by atoms with Crippen molar-refractivity contribution >= 4 is 29.2 Å². The first kappa shape index (κ1) is 23.3. The third kappa shape index (κ3) is 7.12. The van der Waals surface area contributed by atoms with Gasteiger partial charge in [-0.3, -0.25) is 13.6 Å². The van der Waals surface area contributed by atoms with Crippen LogP contribution in [-0.4, -0.2) is 47.9 Å². The van der Waals surface area contributed by atoms with E-state index in [1.54, 1.807) is 0 Å². The fourth-order valence-corrected chi connectivity index (χ4v) is 4.57. The van der Waals surface area contributed by atoms with E-state index in [1.807, 2.05) is 0 Å². The lowest BCUT2D eigenvalue weighted by molar-refractivity contribution is -0.0440. The van der Waals surface area contributed by atoms with E-state index in [9.17, 15) is 23.4 Å². The molecule has 0 aliphatic carbocycles. The SMILES string of the molecule is Nc1ccn([C@H]2C[C@H](OP(=O)(O)O)[C@@H](COP(=O)(O)OP(N)(=O)O)O2)c(=O)n1. The third-order valence-electron chi connectivity index (χ3n) is 3.24. The van der Waals surface area contributed by atoms with Crippen molar-refractivity contribution < 1.29 is 51.4 Å². The van der Waals surface area contributed by atoms with Gasteiger partial charge in [-0.1, -0.05) is 0 Å². The number of nitrogens with zero attached hydrogens (tertiary/aromatic N) is 2. The summed E-state index contributed by atoms with van der Waals surface area (Å²) in [6.45, 7) is -0.869. The van der Waals surface area contributed by atoms with Gasteiger partial charge in [0.2, 0.25) is 0 Å². The molecule has 2 rings (SSSR count). The molecule has 16 nitrogen and oxygen atoms in total. The van der Waals surface area contributed by atoms with E-state index in [0.29, 0.717) is 0 Å². The zero-order valence-electron chi connectivity index (χ0n) is 13.7. The predicted molar refractivity (Wildman–Crippen MR) is 89.2 cm³/mol.